The van der Waals surface area contributed by atoms with E-state index < -0.39 is 0 Å². The highest BCUT2D eigenvalue weighted by Gasteiger charge is 2.23. The molecule has 18 heavy (non-hydrogen) atoms. The number of benzene rings is 1. The lowest BCUT2D eigenvalue weighted by atomic mass is 10.1. The smallest absolute Gasteiger partial charge is 0.0924 e. The summed E-state index contributed by atoms with van der Waals surface area (Å²) in [4.78, 5) is 9.11. The molecule has 0 atom stereocenters. The number of imidazole rings is 1. The van der Waals surface area contributed by atoms with Crippen molar-refractivity contribution in [3.8, 4) is 11.3 Å². The second kappa shape index (κ2) is 4.64. The van der Waals surface area contributed by atoms with Crippen LogP contribution in [0.4, 0.5) is 5.69 Å². The Morgan fingerprint density at radius 3 is 2.67 bits per heavy atom. The van der Waals surface area contributed by atoms with E-state index in [2.05, 4.69) is 34.2 Å². The number of nitrogens with zero attached hydrogens (tertiary/aromatic N) is 2. The number of H-pyrrole nitrogens is 1. The summed E-state index contributed by atoms with van der Waals surface area (Å²) in [6.45, 7) is 0.965. The minimum absolute atomic E-state index is 0.777. The second-order valence-electron chi connectivity index (χ2n) is 4.74. The monoisotopic (exact) mass is 240 g/mol. The van der Waals surface area contributed by atoms with E-state index >= 15 is 0 Å². The zero-order valence-corrected chi connectivity index (χ0v) is 10.1. The highest BCUT2D eigenvalue weighted by Crippen LogP contribution is 2.31. The van der Waals surface area contributed by atoms with Crippen LogP contribution < -0.4 is 4.90 Å². The number of aromatic nitrogens is 2. The lowest BCUT2D eigenvalue weighted by Crippen LogP contribution is -2.23. The largest absolute Gasteiger partial charge is 0.345 e. The van der Waals surface area contributed by atoms with Crippen LogP contribution >= 0.6 is 0 Å². The van der Waals surface area contributed by atoms with Crippen molar-refractivity contribution >= 4 is 12.0 Å². The first kappa shape index (κ1) is 11.0. The molecular formula is C14H16N4. The molecule has 0 spiro atoms. The zero-order chi connectivity index (χ0) is 12.4. The average Bonchev–Trinajstić information content (AvgIpc) is 3.07. The molecule has 92 valence electrons. The van der Waals surface area contributed by atoms with Crippen LogP contribution in [0, 0.1) is 11.3 Å². The van der Waals surface area contributed by atoms with Crippen molar-refractivity contribution in [1.29, 1.82) is 5.41 Å². The van der Waals surface area contributed by atoms with Gasteiger partial charge in [-0.15, -0.1) is 0 Å². The van der Waals surface area contributed by atoms with Gasteiger partial charge in [0.15, 0.2) is 0 Å². The molecule has 2 aromatic rings. The van der Waals surface area contributed by atoms with Crippen molar-refractivity contribution < 1.29 is 0 Å². The van der Waals surface area contributed by atoms with Crippen molar-refractivity contribution in [2.75, 3.05) is 11.4 Å². The molecule has 0 bridgehead atoms. The maximum Gasteiger partial charge on any atom is 0.0924 e. The van der Waals surface area contributed by atoms with Gasteiger partial charge in [0.05, 0.1) is 24.6 Å². The van der Waals surface area contributed by atoms with Crippen LogP contribution in [0.15, 0.2) is 36.8 Å². The third-order valence-electron chi connectivity index (χ3n) is 3.32. The van der Waals surface area contributed by atoms with Gasteiger partial charge >= 0.3 is 0 Å². The van der Waals surface area contributed by atoms with E-state index in [9.17, 15) is 0 Å². The van der Waals surface area contributed by atoms with Gasteiger partial charge in [-0.05, 0) is 36.5 Å². The van der Waals surface area contributed by atoms with E-state index in [1.165, 1.54) is 19.2 Å². The summed E-state index contributed by atoms with van der Waals surface area (Å²) in [6, 6.07) is 8.24. The summed E-state index contributed by atoms with van der Waals surface area (Å²) in [7, 11) is 0. The van der Waals surface area contributed by atoms with Gasteiger partial charge in [-0.2, -0.15) is 0 Å². The van der Waals surface area contributed by atoms with Gasteiger partial charge in [-0.1, -0.05) is 12.1 Å². The predicted molar refractivity (Wildman–Crippen MR) is 72.9 cm³/mol. The summed E-state index contributed by atoms with van der Waals surface area (Å²) >= 11 is 0. The van der Waals surface area contributed by atoms with Crippen molar-refractivity contribution in [2.45, 2.75) is 12.8 Å². The number of aromatic amines is 1. The minimum atomic E-state index is 0.777. The number of hydrogen-bond acceptors (Lipinski definition) is 2. The minimum Gasteiger partial charge on any atom is -0.345 e. The maximum absolute atomic E-state index is 7.50. The SMILES string of the molecule is N=CN(CC1CC1)c1ccc(-c2cnc[nH]2)cc1. The topological polar surface area (TPSA) is 55.8 Å². The van der Waals surface area contributed by atoms with E-state index in [4.69, 9.17) is 5.41 Å². The van der Waals surface area contributed by atoms with E-state index in [1.54, 1.807) is 6.33 Å². The van der Waals surface area contributed by atoms with E-state index in [0.717, 1.165) is 29.4 Å². The van der Waals surface area contributed by atoms with Crippen LogP contribution in [0.1, 0.15) is 12.8 Å². The average molecular weight is 240 g/mol. The molecule has 3 rings (SSSR count). The molecule has 1 heterocycles. The van der Waals surface area contributed by atoms with Gasteiger partial charge in [0.1, 0.15) is 0 Å². The van der Waals surface area contributed by atoms with Gasteiger partial charge < -0.3 is 9.88 Å². The first-order valence-corrected chi connectivity index (χ1v) is 6.23. The molecule has 1 aromatic heterocycles. The Morgan fingerprint density at radius 1 is 1.33 bits per heavy atom. The van der Waals surface area contributed by atoms with Crippen LogP contribution in [0.3, 0.4) is 0 Å². The Hall–Kier alpha value is -2.10. The fraction of sp³-hybridized carbons (Fsp3) is 0.286. The number of rotatable bonds is 5. The fourth-order valence-electron chi connectivity index (χ4n) is 2.06. The van der Waals surface area contributed by atoms with E-state index in [-0.39, 0.29) is 0 Å². The Bertz CT molecular complexity index is 511. The van der Waals surface area contributed by atoms with E-state index in [1.807, 2.05) is 11.1 Å². The summed E-state index contributed by atoms with van der Waals surface area (Å²) in [6.07, 6.45) is 7.52. The number of hydrogen-bond donors (Lipinski definition) is 2. The molecule has 0 radical (unpaired) electrons. The fourth-order valence-corrected chi connectivity index (χ4v) is 2.06. The molecule has 0 aliphatic heterocycles. The second-order valence-corrected chi connectivity index (χ2v) is 4.74. The summed E-state index contributed by atoms with van der Waals surface area (Å²) in [5.74, 6) is 0.777. The molecule has 0 saturated heterocycles. The van der Waals surface area contributed by atoms with Gasteiger partial charge in [0, 0.05) is 12.2 Å². The molecule has 4 nitrogen and oxygen atoms in total. The first-order chi connectivity index (χ1) is 8.86. The Balaban J connectivity index is 1.78. The maximum atomic E-state index is 7.50. The van der Waals surface area contributed by atoms with Crippen LogP contribution in [-0.4, -0.2) is 22.9 Å². The number of nitrogens with one attached hydrogen (secondary N) is 2. The van der Waals surface area contributed by atoms with Crippen LogP contribution in [0.5, 0.6) is 0 Å². The molecule has 1 aromatic carbocycles. The molecule has 2 N–H and O–H groups in total. The van der Waals surface area contributed by atoms with Crippen LogP contribution in [-0.2, 0) is 0 Å². The zero-order valence-electron chi connectivity index (χ0n) is 10.1. The summed E-state index contributed by atoms with van der Waals surface area (Å²) in [5, 5.41) is 7.50. The van der Waals surface area contributed by atoms with Crippen molar-refractivity contribution in [2.24, 2.45) is 5.92 Å². The van der Waals surface area contributed by atoms with Gasteiger partial charge in [0.2, 0.25) is 0 Å². The molecule has 1 fully saturated rings. The van der Waals surface area contributed by atoms with E-state index in [0.29, 0.717) is 0 Å². The Kier molecular flexibility index (Phi) is 2.84. The predicted octanol–water partition coefficient (Wildman–Crippen LogP) is 2.90. The lowest BCUT2D eigenvalue weighted by molar-refractivity contribution is 0.832. The first-order valence-electron chi connectivity index (χ1n) is 6.23. The van der Waals surface area contributed by atoms with Gasteiger partial charge in [0.25, 0.3) is 0 Å². The molecule has 0 amide bonds. The van der Waals surface area contributed by atoms with Crippen LogP contribution in [0.25, 0.3) is 11.3 Å². The van der Waals surface area contributed by atoms with Crippen LogP contribution in [0.2, 0.25) is 0 Å². The molecular weight excluding hydrogens is 224 g/mol. The molecule has 1 aliphatic rings. The third kappa shape index (κ3) is 2.27. The summed E-state index contributed by atoms with van der Waals surface area (Å²) < 4.78 is 0. The van der Waals surface area contributed by atoms with Crippen molar-refractivity contribution in [3.63, 3.8) is 0 Å². The quantitative estimate of drug-likeness (QED) is 0.623. The lowest BCUT2D eigenvalue weighted by Gasteiger charge is -2.18. The highest BCUT2D eigenvalue weighted by atomic mass is 15.1. The molecule has 0 unspecified atom stereocenters. The Labute approximate surface area is 106 Å². The third-order valence-corrected chi connectivity index (χ3v) is 3.32. The summed E-state index contributed by atoms with van der Waals surface area (Å²) in [5.41, 5.74) is 3.22. The Morgan fingerprint density at radius 2 is 2.11 bits per heavy atom. The molecule has 1 saturated carbocycles. The standard InChI is InChI=1S/C14H16N4/c15-9-18(8-11-1-2-11)13-5-3-12(4-6-13)14-7-16-10-17-14/h3-7,9-11,15H,1-2,8H2,(H,16,17). The normalized spacial score (nSPS) is 14.4. The number of anilines is 1. The van der Waals surface area contributed by atoms with Gasteiger partial charge in [-0.3, -0.25) is 5.41 Å². The molecule has 4 heteroatoms. The van der Waals surface area contributed by atoms with Crippen molar-refractivity contribution in [1.82, 2.24) is 9.97 Å². The van der Waals surface area contributed by atoms with Gasteiger partial charge in [-0.25, -0.2) is 4.98 Å². The van der Waals surface area contributed by atoms with Crippen molar-refractivity contribution in [3.05, 3.63) is 36.8 Å². The molecule has 1 aliphatic carbocycles. The highest BCUT2D eigenvalue weighted by molar-refractivity contribution is 5.78.